The van der Waals surface area contributed by atoms with Crippen molar-refractivity contribution in [1.29, 1.82) is 0 Å². The highest BCUT2D eigenvalue weighted by atomic mass is 19.1. The monoisotopic (exact) mass is 257 g/mol. The third-order valence-electron chi connectivity index (χ3n) is 3.30. The van der Waals surface area contributed by atoms with E-state index in [0.29, 0.717) is 12.1 Å². The van der Waals surface area contributed by atoms with Gasteiger partial charge in [-0.1, -0.05) is 47.5 Å². The van der Waals surface area contributed by atoms with E-state index in [2.05, 4.69) is 44.3 Å². The second kappa shape index (κ2) is 5.98. The predicted octanol–water partition coefficient (Wildman–Crippen LogP) is 4.29. The molecule has 0 fully saturated rings. The van der Waals surface area contributed by atoms with Crippen LogP contribution in [0.25, 0.3) is 0 Å². The third-order valence-corrected chi connectivity index (χ3v) is 3.30. The quantitative estimate of drug-likeness (QED) is 0.861. The van der Waals surface area contributed by atoms with Gasteiger partial charge >= 0.3 is 0 Å². The van der Waals surface area contributed by atoms with Gasteiger partial charge in [-0.05, 0) is 32.4 Å². The molecule has 2 rings (SSSR count). The highest BCUT2D eigenvalue weighted by Crippen LogP contribution is 2.17. The van der Waals surface area contributed by atoms with Crippen LogP contribution in [0, 0.1) is 19.7 Å². The van der Waals surface area contributed by atoms with Gasteiger partial charge in [-0.3, -0.25) is 0 Å². The normalized spacial score (nSPS) is 12.4. The van der Waals surface area contributed by atoms with Gasteiger partial charge in [0, 0.05) is 18.2 Å². The van der Waals surface area contributed by atoms with E-state index < -0.39 is 0 Å². The van der Waals surface area contributed by atoms with Gasteiger partial charge in [-0.2, -0.15) is 0 Å². The van der Waals surface area contributed by atoms with Gasteiger partial charge in [0.15, 0.2) is 0 Å². The molecule has 2 aromatic rings. The molecule has 19 heavy (non-hydrogen) atoms. The highest BCUT2D eigenvalue weighted by molar-refractivity contribution is 5.30. The van der Waals surface area contributed by atoms with E-state index in [1.807, 2.05) is 12.1 Å². The minimum atomic E-state index is -0.150. The number of benzene rings is 2. The zero-order valence-corrected chi connectivity index (χ0v) is 11.7. The molecule has 1 atom stereocenters. The summed E-state index contributed by atoms with van der Waals surface area (Å²) in [5, 5.41) is 3.37. The molecular formula is C17H20FN. The minimum Gasteiger partial charge on any atom is -0.306 e. The zero-order valence-electron chi connectivity index (χ0n) is 11.7. The van der Waals surface area contributed by atoms with Gasteiger partial charge in [0.1, 0.15) is 5.82 Å². The molecule has 1 unspecified atom stereocenters. The van der Waals surface area contributed by atoms with Crippen LogP contribution in [0.4, 0.5) is 4.39 Å². The molecule has 0 aliphatic heterocycles. The molecule has 0 aromatic heterocycles. The molecule has 0 radical (unpaired) electrons. The van der Waals surface area contributed by atoms with Gasteiger partial charge in [-0.15, -0.1) is 0 Å². The number of hydrogen-bond acceptors (Lipinski definition) is 1. The Labute approximate surface area is 114 Å². The summed E-state index contributed by atoms with van der Waals surface area (Å²) in [6, 6.07) is 13.6. The summed E-state index contributed by atoms with van der Waals surface area (Å²) in [7, 11) is 0. The van der Waals surface area contributed by atoms with Crippen LogP contribution in [0.1, 0.15) is 35.2 Å². The lowest BCUT2D eigenvalue weighted by molar-refractivity contribution is 0.544. The molecule has 0 aliphatic carbocycles. The lowest BCUT2D eigenvalue weighted by Crippen LogP contribution is -2.19. The van der Waals surface area contributed by atoms with Crippen LogP contribution >= 0.6 is 0 Å². The summed E-state index contributed by atoms with van der Waals surface area (Å²) < 4.78 is 13.5. The Balaban J connectivity index is 2.05. The first kappa shape index (κ1) is 13.8. The number of halogens is 1. The molecular weight excluding hydrogens is 237 g/mol. The summed E-state index contributed by atoms with van der Waals surface area (Å²) >= 11 is 0. The van der Waals surface area contributed by atoms with Gasteiger partial charge in [0.25, 0.3) is 0 Å². The van der Waals surface area contributed by atoms with Crippen molar-refractivity contribution in [2.45, 2.75) is 33.4 Å². The van der Waals surface area contributed by atoms with Crippen LogP contribution in [-0.4, -0.2) is 0 Å². The van der Waals surface area contributed by atoms with Crippen molar-refractivity contribution in [1.82, 2.24) is 5.32 Å². The summed E-state index contributed by atoms with van der Waals surface area (Å²) in [6.45, 7) is 6.84. The standard InChI is InChI=1S/C17H20FN/c1-12-8-13(2)10-16(9-12)14(3)19-11-15-6-4-5-7-17(15)18/h4-10,14,19H,11H2,1-3H3. The summed E-state index contributed by atoms with van der Waals surface area (Å²) in [4.78, 5) is 0. The molecule has 2 aromatic carbocycles. The van der Waals surface area contributed by atoms with E-state index in [0.717, 1.165) is 0 Å². The Hall–Kier alpha value is -1.67. The SMILES string of the molecule is Cc1cc(C)cc(C(C)NCc2ccccc2F)c1. The first-order valence-corrected chi connectivity index (χ1v) is 6.61. The topological polar surface area (TPSA) is 12.0 Å². The van der Waals surface area contributed by atoms with E-state index in [-0.39, 0.29) is 11.9 Å². The number of hydrogen-bond donors (Lipinski definition) is 1. The van der Waals surface area contributed by atoms with E-state index in [1.54, 1.807) is 6.07 Å². The predicted molar refractivity (Wildman–Crippen MR) is 77.6 cm³/mol. The lowest BCUT2D eigenvalue weighted by atomic mass is 10.0. The Morgan fingerprint density at radius 3 is 2.32 bits per heavy atom. The van der Waals surface area contributed by atoms with E-state index in [4.69, 9.17) is 0 Å². The van der Waals surface area contributed by atoms with Crippen molar-refractivity contribution in [3.05, 3.63) is 70.5 Å². The summed E-state index contributed by atoms with van der Waals surface area (Å²) in [5.74, 6) is -0.150. The van der Waals surface area contributed by atoms with Crippen LogP contribution in [0.15, 0.2) is 42.5 Å². The molecule has 0 amide bonds. The van der Waals surface area contributed by atoms with E-state index >= 15 is 0 Å². The highest BCUT2D eigenvalue weighted by Gasteiger charge is 2.07. The lowest BCUT2D eigenvalue weighted by Gasteiger charge is -2.16. The average molecular weight is 257 g/mol. The van der Waals surface area contributed by atoms with Gasteiger partial charge in [0.05, 0.1) is 0 Å². The summed E-state index contributed by atoms with van der Waals surface area (Å²) in [6.07, 6.45) is 0. The molecule has 1 N–H and O–H groups in total. The van der Waals surface area contributed by atoms with Gasteiger partial charge < -0.3 is 5.32 Å². The fraction of sp³-hybridized carbons (Fsp3) is 0.294. The maximum Gasteiger partial charge on any atom is 0.127 e. The number of nitrogens with one attached hydrogen (secondary N) is 1. The largest absolute Gasteiger partial charge is 0.306 e. The van der Waals surface area contributed by atoms with Crippen LogP contribution in [0.5, 0.6) is 0 Å². The van der Waals surface area contributed by atoms with Crippen LogP contribution in [0.2, 0.25) is 0 Å². The number of rotatable bonds is 4. The molecule has 0 aliphatic rings. The maximum absolute atomic E-state index is 13.5. The van der Waals surface area contributed by atoms with Crippen LogP contribution in [0.3, 0.4) is 0 Å². The van der Waals surface area contributed by atoms with Crippen molar-refractivity contribution in [2.24, 2.45) is 0 Å². The molecule has 1 nitrogen and oxygen atoms in total. The smallest absolute Gasteiger partial charge is 0.127 e. The first-order chi connectivity index (χ1) is 9.06. The van der Waals surface area contributed by atoms with Gasteiger partial charge in [0.2, 0.25) is 0 Å². The third kappa shape index (κ3) is 3.65. The number of aryl methyl sites for hydroxylation is 2. The first-order valence-electron chi connectivity index (χ1n) is 6.61. The van der Waals surface area contributed by atoms with Crippen molar-refractivity contribution < 1.29 is 4.39 Å². The molecule has 0 bridgehead atoms. The van der Waals surface area contributed by atoms with E-state index in [9.17, 15) is 4.39 Å². The van der Waals surface area contributed by atoms with Crippen molar-refractivity contribution in [3.63, 3.8) is 0 Å². The maximum atomic E-state index is 13.5. The van der Waals surface area contributed by atoms with Crippen molar-refractivity contribution in [2.75, 3.05) is 0 Å². The Morgan fingerprint density at radius 2 is 1.68 bits per heavy atom. The molecule has 100 valence electrons. The summed E-state index contributed by atoms with van der Waals surface area (Å²) in [5.41, 5.74) is 4.47. The van der Waals surface area contributed by atoms with Crippen molar-refractivity contribution >= 4 is 0 Å². The Morgan fingerprint density at radius 1 is 1.05 bits per heavy atom. The van der Waals surface area contributed by atoms with Gasteiger partial charge in [-0.25, -0.2) is 4.39 Å². The second-order valence-corrected chi connectivity index (χ2v) is 5.12. The zero-order chi connectivity index (χ0) is 13.8. The average Bonchev–Trinajstić information content (AvgIpc) is 2.36. The molecule has 0 saturated carbocycles. The molecule has 0 saturated heterocycles. The molecule has 0 heterocycles. The fourth-order valence-corrected chi connectivity index (χ4v) is 2.28. The fourth-order valence-electron chi connectivity index (χ4n) is 2.28. The van der Waals surface area contributed by atoms with Crippen LogP contribution in [-0.2, 0) is 6.54 Å². The Kier molecular flexibility index (Phi) is 4.33. The van der Waals surface area contributed by atoms with Crippen molar-refractivity contribution in [3.8, 4) is 0 Å². The van der Waals surface area contributed by atoms with Crippen LogP contribution < -0.4 is 5.32 Å². The molecule has 0 spiro atoms. The Bertz CT molecular complexity index is 543. The minimum absolute atomic E-state index is 0.150. The molecule has 2 heteroatoms. The van der Waals surface area contributed by atoms with E-state index in [1.165, 1.54) is 22.8 Å². The second-order valence-electron chi connectivity index (χ2n) is 5.12.